The summed E-state index contributed by atoms with van der Waals surface area (Å²) in [6.45, 7) is 1.25. The SMILES string of the molecule is Cn1cc([C@H]2CNC[C@@H]2C(=O)Nc2cc(-c3cc(F)cc(F)c3)[nH]n2)cn1. The van der Waals surface area contributed by atoms with Crippen LogP contribution in [0.1, 0.15) is 11.5 Å². The fourth-order valence-corrected chi connectivity index (χ4v) is 3.40. The Kier molecular flexibility index (Phi) is 4.44. The number of amides is 1. The second-order valence-electron chi connectivity index (χ2n) is 6.63. The molecule has 9 heteroatoms. The molecule has 4 rings (SSSR count). The van der Waals surface area contributed by atoms with Crippen LogP contribution in [0.3, 0.4) is 0 Å². The van der Waals surface area contributed by atoms with Crippen LogP contribution in [-0.2, 0) is 11.8 Å². The molecule has 7 nitrogen and oxygen atoms in total. The van der Waals surface area contributed by atoms with Crippen molar-refractivity contribution in [3.63, 3.8) is 0 Å². The van der Waals surface area contributed by atoms with Gasteiger partial charge in [-0.25, -0.2) is 8.78 Å². The number of carbonyl (C=O) groups excluding carboxylic acids is 1. The van der Waals surface area contributed by atoms with Crippen molar-refractivity contribution in [1.29, 1.82) is 0 Å². The molecule has 1 aliphatic heterocycles. The highest BCUT2D eigenvalue weighted by atomic mass is 19.1. The molecule has 0 spiro atoms. The monoisotopic (exact) mass is 372 g/mol. The van der Waals surface area contributed by atoms with E-state index in [1.165, 1.54) is 12.1 Å². The molecule has 140 valence electrons. The quantitative estimate of drug-likeness (QED) is 0.654. The zero-order valence-corrected chi connectivity index (χ0v) is 14.5. The Labute approximate surface area is 153 Å². The summed E-state index contributed by atoms with van der Waals surface area (Å²) in [4.78, 5) is 12.7. The Morgan fingerprint density at radius 3 is 2.70 bits per heavy atom. The summed E-state index contributed by atoms with van der Waals surface area (Å²) in [5, 5.41) is 16.9. The number of nitrogens with one attached hydrogen (secondary N) is 3. The third-order valence-electron chi connectivity index (χ3n) is 4.71. The van der Waals surface area contributed by atoms with E-state index in [4.69, 9.17) is 0 Å². The van der Waals surface area contributed by atoms with Crippen LogP contribution < -0.4 is 10.6 Å². The Morgan fingerprint density at radius 2 is 2.00 bits per heavy atom. The van der Waals surface area contributed by atoms with E-state index in [9.17, 15) is 13.6 Å². The lowest BCUT2D eigenvalue weighted by Gasteiger charge is -2.16. The molecule has 0 aliphatic carbocycles. The predicted octanol–water partition coefficient (Wildman–Crippen LogP) is 2.03. The number of carbonyl (C=O) groups is 1. The van der Waals surface area contributed by atoms with Crippen LogP contribution in [-0.4, -0.2) is 39.0 Å². The van der Waals surface area contributed by atoms with Crippen LogP contribution in [0.5, 0.6) is 0 Å². The summed E-state index contributed by atoms with van der Waals surface area (Å²) in [7, 11) is 1.83. The van der Waals surface area contributed by atoms with Crippen LogP contribution in [0.4, 0.5) is 14.6 Å². The molecule has 0 radical (unpaired) electrons. The van der Waals surface area contributed by atoms with Gasteiger partial charge in [0.05, 0.1) is 17.8 Å². The second-order valence-corrected chi connectivity index (χ2v) is 6.63. The first-order chi connectivity index (χ1) is 13.0. The number of aryl methyl sites for hydroxylation is 1. The fraction of sp³-hybridized carbons (Fsp3) is 0.278. The fourth-order valence-electron chi connectivity index (χ4n) is 3.40. The Morgan fingerprint density at radius 1 is 1.22 bits per heavy atom. The van der Waals surface area contributed by atoms with Crippen molar-refractivity contribution >= 4 is 11.7 Å². The van der Waals surface area contributed by atoms with Crippen molar-refractivity contribution in [2.75, 3.05) is 18.4 Å². The number of halogens is 2. The van der Waals surface area contributed by atoms with Crippen molar-refractivity contribution in [1.82, 2.24) is 25.3 Å². The molecule has 0 saturated carbocycles. The smallest absolute Gasteiger partial charge is 0.230 e. The summed E-state index contributed by atoms with van der Waals surface area (Å²) >= 11 is 0. The summed E-state index contributed by atoms with van der Waals surface area (Å²) in [6.07, 6.45) is 3.67. The van der Waals surface area contributed by atoms with Crippen molar-refractivity contribution < 1.29 is 13.6 Å². The van der Waals surface area contributed by atoms with Gasteiger partial charge in [0.2, 0.25) is 5.91 Å². The summed E-state index contributed by atoms with van der Waals surface area (Å²) in [5.74, 6) is -1.47. The molecule has 27 heavy (non-hydrogen) atoms. The molecule has 1 aromatic carbocycles. The van der Waals surface area contributed by atoms with E-state index < -0.39 is 11.6 Å². The van der Waals surface area contributed by atoms with E-state index in [0.29, 0.717) is 30.2 Å². The van der Waals surface area contributed by atoms with Crippen LogP contribution in [0.2, 0.25) is 0 Å². The lowest BCUT2D eigenvalue weighted by Crippen LogP contribution is -2.28. The lowest BCUT2D eigenvalue weighted by atomic mass is 9.90. The van der Waals surface area contributed by atoms with Crippen molar-refractivity contribution in [2.24, 2.45) is 13.0 Å². The second kappa shape index (κ2) is 6.92. The Bertz CT molecular complexity index is 962. The standard InChI is InChI=1S/C18H18F2N6O/c1-26-9-11(6-22-26)14-7-21-8-15(14)18(27)23-17-5-16(24-25-17)10-2-12(19)4-13(20)3-10/h2-6,9,14-15,21H,7-8H2,1H3,(H2,23,24,25,27)/t14-,15+/m1/s1. The number of anilines is 1. The summed E-state index contributed by atoms with van der Waals surface area (Å²) in [6, 6.07) is 4.74. The van der Waals surface area contributed by atoms with Crippen LogP contribution in [0, 0.1) is 17.6 Å². The van der Waals surface area contributed by atoms with Gasteiger partial charge in [0.15, 0.2) is 5.82 Å². The Balaban J connectivity index is 1.49. The van der Waals surface area contributed by atoms with Gasteiger partial charge in [-0.15, -0.1) is 0 Å². The van der Waals surface area contributed by atoms with Gasteiger partial charge >= 0.3 is 0 Å². The third kappa shape index (κ3) is 3.59. The zero-order valence-electron chi connectivity index (χ0n) is 14.5. The number of aromatic nitrogens is 4. The van der Waals surface area contributed by atoms with E-state index in [0.717, 1.165) is 11.6 Å². The maximum atomic E-state index is 13.4. The van der Waals surface area contributed by atoms with Crippen LogP contribution >= 0.6 is 0 Å². The first-order valence-electron chi connectivity index (χ1n) is 8.51. The lowest BCUT2D eigenvalue weighted by molar-refractivity contribution is -0.119. The molecule has 2 aromatic heterocycles. The summed E-state index contributed by atoms with van der Waals surface area (Å²) < 4.78 is 28.5. The number of nitrogens with zero attached hydrogens (tertiary/aromatic N) is 3. The predicted molar refractivity (Wildman–Crippen MR) is 94.9 cm³/mol. The van der Waals surface area contributed by atoms with Gasteiger partial charge in [-0.2, -0.15) is 10.2 Å². The van der Waals surface area contributed by atoms with E-state index in [2.05, 4.69) is 25.9 Å². The minimum atomic E-state index is -0.679. The molecule has 0 unspecified atom stereocenters. The van der Waals surface area contributed by atoms with Crippen molar-refractivity contribution in [3.8, 4) is 11.3 Å². The molecule has 1 fully saturated rings. The number of benzene rings is 1. The maximum absolute atomic E-state index is 13.4. The van der Waals surface area contributed by atoms with Gasteiger partial charge in [-0.05, 0) is 17.7 Å². The molecule has 1 amide bonds. The molecule has 3 N–H and O–H groups in total. The number of rotatable bonds is 4. The number of H-pyrrole nitrogens is 1. The normalized spacial score (nSPS) is 19.4. The minimum absolute atomic E-state index is 0.0226. The highest BCUT2D eigenvalue weighted by Gasteiger charge is 2.35. The van der Waals surface area contributed by atoms with E-state index in [1.54, 1.807) is 16.9 Å². The molecule has 3 aromatic rings. The molecule has 0 bridgehead atoms. The average Bonchev–Trinajstić information content (AvgIpc) is 3.33. The van der Waals surface area contributed by atoms with Gasteiger partial charge in [-0.1, -0.05) is 0 Å². The molecular weight excluding hydrogens is 354 g/mol. The molecule has 3 heterocycles. The number of aromatic amines is 1. The van der Waals surface area contributed by atoms with E-state index >= 15 is 0 Å². The van der Waals surface area contributed by atoms with Gasteiger partial charge in [0, 0.05) is 49.9 Å². The van der Waals surface area contributed by atoms with E-state index in [-0.39, 0.29) is 17.7 Å². The first-order valence-corrected chi connectivity index (χ1v) is 8.51. The average molecular weight is 372 g/mol. The highest BCUT2D eigenvalue weighted by Crippen LogP contribution is 2.29. The topological polar surface area (TPSA) is 87.6 Å². The highest BCUT2D eigenvalue weighted by molar-refractivity contribution is 5.93. The van der Waals surface area contributed by atoms with Crippen molar-refractivity contribution in [3.05, 3.63) is 53.9 Å². The van der Waals surface area contributed by atoms with Gasteiger partial charge < -0.3 is 10.6 Å². The van der Waals surface area contributed by atoms with Gasteiger partial charge in [0.1, 0.15) is 11.6 Å². The number of hydrogen-bond acceptors (Lipinski definition) is 4. The van der Waals surface area contributed by atoms with Crippen LogP contribution in [0.25, 0.3) is 11.3 Å². The first kappa shape index (κ1) is 17.3. The number of hydrogen-bond donors (Lipinski definition) is 3. The zero-order chi connectivity index (χ0) is 19.0. The van der Waals surface area contributed by atoms with Crippen molar-refractivity contribution in [2.45, 2.75) is 5.92 Å². The minimum Gasteiger partial charge on any atom is -0.315 e. The molecular formula is C18H18F2N6O. The maximum Gasteiger partial charge on any atom is 0.230 e. The van der Waals surface area contributed by atoms with Gasteiger partial charge in [0.25, 0.3) is 0 Å². The largest absolute Gasteiger partial charge is 0.315 e. The van der Waals surface area contributed by atoms with Crippen LogP contribution in [0.15, 0.2) is 36.7 Å². The van der Waals surface area contributed by atoms with E-state index in [1.807, 2.05) is 13.2 Å². The Hall–Kier alpha value is -3.07. The molecule has 2 atom stereocenters. The van der Waals surface area contributed by atoms with Gasteiger partial charge in [-0.3, -0.25) is 14.6 Å². The third-order valence-corrected chi connectivity index (χ3v) is 4.71. The molecule has 1 saturated heterocycles. The molecule has 1 aliphatic rings. The summed E-state index contributed by atoms with van der Waals surface area (Å²) in [5.41, 5.74) is 1.73.